The molecule has 4 rings (SSSR count). The summed E-state index contributed by atoms with van der Waals surface area (Å²) in [5.74, 6) is 0.156. The number of hydrogen-bond donors (Lipinski definition) is 1. The lowest BCUT2D eigenvalue weighted by atomic mass is 9.81. The van der Waals surface area contributed by atoms with Gasteiger partial charge in [-0.3, -0.25) is 9.69 Å². The number of methoxy groups -OCH3 is 1. The molecule has 4 nitrogen and oxygen atoms in total. The summed E-state index contributed by atoms with van der Waals surface area (Å²) in [5.41, 5.74) is 1.33. The fraction of sp³-hybridized carbons (Fsp3) is 0.435. The van der Waals surface area contributed by atoms with Crippen LogP contribution >= 0.6 is 0 Å². The third kappa shape index (κ3) is 3.90. The van der Waals surface area contributed by atoms with E-state index in [0.29, 0.717) is 12.1 Å². The van der Waals surface area contributed by atoms with E-state index in [0.717, 1.165) is 38.0 Å². The molecule has 2 heterocycles. The largest absolute Gasteiger partial charge is 0.496 e. The molecule has 2 aromatic rings. The summed E-state index contributed by atoms with van der Waals surface area (Å²) in [7, 11) is 1.71. The molecule has 0 aromatic heterocycles. The zero-order valence-electron chi connectivity index (χ0n) is 16.2. The van der Waals surface area contributed by atoms with Crippen molar-refractivity contribution in [3.8, 4) is 5.75 Å². The fourth-order valence-corrected chi connectivity index (χ4v) is 4.79. The van der Waals surface area contributed by atoms with Gasteiger partial charge < -0.3 is 10.1 Å². The number of halogens is 1. The number of carbonyl (C=O) groups is 1. The third-order valence-electron chi connectivity index (χ3n) is 6.13. The molecule has 2 aliphatic rings. The minimum Gasteiger partial charge on any atom is -0.496 e. The Morgan fingerprint density at radius 1 is 1.11 bits per heavy atom. The van der Waals surface area contributed by atoms with Crippen molar-refractivity contribution in [2.24, 2.45) is 0 Å². The van der Waals surface area contributed by atoms with Crippen LogP contribution in [0.15, 0.2) is 48.5 Å². The van der Waals surface area contributed by atoms with E-state index in [1.165, 1.54) is 18.1 Å². The maximum Gasteiger partial charge on any atom is 0.254 e. The van der Waals surface area contributed by atoms with Crippen molar-refractivity contribution in [1.82, 2.24) is 10.2 Å². The number of nitrogens with zero attached hydrogens (tertiary/aromatic N) is 1. The molecule has 2 aliphatic heterocycles. The van der Waals surface area contributed by atoms with E-state index < -0.39 is 5.82 Å². The molecule has 2 atom stereocenters. The van der Waals surface area contributed by atoms with Gasteiger partial charge in [0.2, 0.25) is 0 Å². The Kier molecular flexibility index (Phi) is 5.62. The molecule has 2 aromatic carbocycles. The number of piperidine rings is 2. The molecule has 0 radical (unpaired) electrons. The zero-order chi connectivity index (χ0) is 19.5. The van der Waals surface area contributed by atoms with Gasteiger partial charge in [-0.15, -0.1) is 0 Å². The van der Waals surface area contributed by atoms with Crippen LogP contribution in [-0.2, 0) is 6.54 Å². The number of fused-ring (bicyclic) bond motifs is 2. The Bertz CT molecular complexity index is 827. The molecular weight excluding hydrogens is 355 g/mol. The van der Waals surface area contributed by atoms with Crippen LogP contribution in [0.3, 0.4) is 0 Å². The molecule has 1 N–H and O–H groups in total. The van der Waals surface area contributed by atoms with E-state index in [4.69, 9.17) is 4.74 Å². The summed E-state index contributed by atoms with van der Waals surface area (Å²) in [6.07, 6.45) is 5.32. The smallest absolute Gasteiger partial charge is 0.254 e. The van der Waals surface area contributed by atoms with E-state index in [-0.39, 0.29) is 17.5 Å². The molecule has 0 spiro atoms. The topological polar surface area (TPSA) is 41.6 Å². The van der Waals surface area contributed by atoms with Crippen LogP contribution in [-0.4, -0.2) is 36.0 Å². The van der Waals surface area contributed by atoms with Gasteiger partial charge in [-0.25, -0.2) is 4.39 Å². The van der Waals surface area contributed by atoms with Crippen LogP contribution in [0, 0.1) is 5.82 Å². The van der Waals surface area contributed by atoms with Gasteiger partial charge in [-0.2, -0.15) is 0 Å². The molecule has 2 fully saturated rings. The lowest BCUT2D eigenvalue weighted by molar-refractivity contribution is 0.0172. The quantitative estimate of drug-likeness (QED) is 0.845. The van der Waals surface area contributed by atoms with Gasteiger partial charge >= 0.3 is 0 Å². The van der Waals surface area contributed by atoms with E-state index in [2.05, 4.69) is 22.3 Å². The van der Waals surface area contributed by atoms with Crippen LogP contribution < -0.4 is 10.1 Å². The highest BCUT2D eigenvalue weighted by atomic mass is 19.1. The van der Waals surface area contributed by atoms with Crippen LogP contribution in [0.4, 0.5) is 4.39 Å². The second-order valence-corrected chi connectivity index (χ2v) is 7.84. The molecule has 148 valence electrons. The maximum atomic E-state index is 13.9. The molecule has 2 bridgehead atoms. The Hall–Kier alpha value is -2.40. The van der Waals surface area contributed by atoms with Gasteiger partial charge in [-0.05, 0) is 43.9 Å². The standard InChI is InChI=1S/C23H27FN2O2/c1-28-22-12-5-2-7-16(22)15-26-18-8-6-9-19(26)14-17(13-18)25-23(27)20-10-3-4-11-21(20)24/h2-5,7,10-12,17-19H,6,8-9,13-15H2,1H3,(H,25,27)/t18-,19-/m0/s1. The normalized spacial score (nSPS) is 24.6. The highest BCUT2D eigenvalue weighted by Crippen LogP contribution is 2.36. The molecule has 0 aliphatic carbocycles. The van der Waals surface area contributed by atoms with E-state index in [1.807, 2.05) is 12.1 Å². The van der Waals surface area contributed by atoms with Crippen molar-refractivity contribution < 1.29 is 13.9 Å². The van der Waals surface area contributed by atoms with Gasteiger partial charge in [0, 0.05) is 30.2 Å². The van der Waals surface area contributed by atoms with Gasteiger partial charge in [0.1, 0.15) is 11.6 Å². The van der Waals surface area contributed by atoms with E-state index in [9.17, 15) is 9.18 Å². The van der Waals surface area contributed by atoms with Gasteiger partial charge in [0.15, 0.2) is 0 Å². The van der Waals surface area contributed by atoms with Gasteiger partial charge in [0.25, 0.3) is 5.91 Å². The summed E-state index contributed by atoms with van der Waals surface area (Å²) in [4.78, 5) is 15.1. The van der Waals surface area contributed by atoms with Crippen LogP contribution in [0.25, 0.3) is 0 Å². The SMILES string of the molecule is COc1ccccc1CN1[C@H]2CCC[C@H]1CC(NC(=O)c1ccccc1F)C2. The number of para-hydroxylation sites is 1. The first-order valence-corrected chi connectivity index (χ1v) is 10.1. The minimum absolute atomic E-state index is 0.0938. The Morgan fingerprint density at radius 2 is 1.79 bits per heavy atom. The number of amides is 1. The number of ether oxygens (including phenoxy) is 1. The second-order valence-electron chi connectivity index (χ2n) is 7.84. The number of nitrogens with one attached hydrogen (secondary N) is 1. The number of carbonyl (C=O) groups excluding carboxylic acids is 1. The first-order valence-electron chi connectivity index (χ1n) is 10.1. The van der Waals surface area contributed by atoms with Crippen molar-refractivity contribution in [3.05, 3.63) is 65.5 Å². The summed E-state index contributed by atoms with van der Waals surface area (Å²) < 4.78 is 19.4. The highest BCUT2D eigenvalue weighted by molar-refractivity contribution is 5.94. The average molecular weight is 382 g/mol. The van der Waals surface area contributed by atoms with Gasteiger partial charge in [0.05, 0.1) is 12.7 Å². The van der Waals surface area contributed by atoms with E-state index >= 15 is 0 Å². The predicted octanol–water partition coefficient (Wildman–Crippen LogP) is 4.15. The van der Waals surface area contributed by atoms with Crippen LogP contribution in [0.1, 0.15) is 48.0 Å². The van der Waals surface area contributed by atoms with Crippen molar-refractivity contribution >= 4 is 5.91 Å². The Morgan fingerprint density at radius 3 is 2.50 bits per heavy atom. The average Bonchev–Trinajstić information content (AvgIpc) is 2.69. The highest BCUT2D eigenvalue weighted by Gasteiger charge is 2.39. The van der Waals surface area contributed by atoms with Crippen LogP contribution in [0.5, 0.6) is 5.75 Å². The molecule has 1 amide bonds. The summed E-state index contributed by atoms with van der Waals surface area (Å²) in [6, 6.07) is 15.3. The lowest BCUT2D eigenvalue weighted by Crippen LogP contribution is -2.56. The first-order chi connectivity index (χ1) is 13.7. The van der Waals surface area contributed by atoms with Crippen LogP contribution in [0.2, 0.25) is 0 Å². The zero-order valence-corrected chi connectivity index (χ0v) is 16.2. The molecule has 2 saturated heterocycles. The number of hydrogen-bond acceptors (Lipinski definition) is 3. The summed E-state index contributed by atoms with van der Waals surface area (Å²) in [6.45, 7) is 0.868. The predicted molar refractivity (Wildman–Crippen MR) is 107 cm³/mol. The lowest BCUT2D eigenvalue weighted by Gasteiger charge is -2.49. The summed E-state index contributed by atoms with van der Waals surface area (Å²) in [5, 5.41) is 3.08. The Balaban J connectivity index is 1.45. The molecule has 0 saturated carbocycles. The van der Waals surface area contributed by atoms with Crippen molar-refractivity contribution in [1.29, 1.82) is 0 Å². The molecular formula is C23H27FN2O2. The third-order valence-corrected chi connectivity index (χ3v) is 6.13. The number of rotatable bonds is 5. The monoisotopic (exact) mass is 382 g/mol. The van der Waals surface area contributed by atoms with Gasteiger partial charge in [-0.1, -0.05) is 36.8 Å². The second kappa shape index (κ2) is 8.31. The minimum atomic E-state index is -0.464. The molecule has 28 heavy (non-hydrogen) atoms. The van der Waals surface area contributed by atoms with Crippen molar-refractivity contribution in [2.45, 2.75) is 56.8 Å². The van der Waals surface area contributed by atoms with Crippen molar-refractivity contribution in [2.75, 3.05) is 7.11 Å². The Labute approximate surface area is 165 Å². The first kappa shape index (κ1) is 18.9. The number of benzene rings is 2. The van der Waals surface area contributed by atoms with E-state index in [1.54, 1.807) is 25.3 Å². The summed E-state index contributed by atoms with van der Waals surface area (Å²) >= 11 is 0. The maximum absolute atomic E-state index is 13.9. The fourth-order valence-electron chi connectivity index (χ4n) is 4.79. The molecule has 0 unspecified atom stereocenters. The van der Waals surface area contributed by atoms with Crippen molar-refractivity contribution in [3.63, 3.8) is 0 Å². The molecule has 5 heteroatoms.